The Morgan fingerprint density at radius 2 is 0.515 bits per heavy atom. The molecule has 7 heteroatoms. The van der Waals surface area contributed by atoms with Crippen molar-refractivity contribution in [1.29, 1.82) is 0 Å². The van der Waals surface area contributed by atoms with E-state index in [9.17, 15) is 9.59 Å². The summed E-state index contributed by atoms with van der Waals surface area (Å²) in [7, 11) is 0. The monoisotopic (exact) mass is 932 g/mol. The van der Waals surface area contributed by atoms with Crippen LogP contribution >= 0.6 is 0 Å². The van der Waals surface area contributed by atoms with E-state index in [-0.39, 0.29) is 11.9 Å². The summed E-state index contributed by atoms with van der Waals surface area (Å²) in [5.41, 5.74) is 0. The molecule has 0 spiro atoms. The fourth-order valence-electron chi connectivity index (χ4n) is 10.1. The minimum atomic E-state index is -0.0447. The predicted octanol–water partition coefficient (Wildman–Crippen LogP) is 16.5. The first-order chi connectivity index (χ1) is 32.4. The highest BCUT2D eigenvalue weighted by Gasteiger charge is 2.24. The van der Waals surface area contributed by atoms with Gasteiger partial charge in [-0.2, -0.15) is 0 Å². The van der Waals surface area contributed by atoms with Crippen molar-refractivity contribution < 1.29 is 19.1 Å². The van der Waals surface area contributed by atoms with Crippen molar-refractivity contribution in [2.75, 3.05) is 72.1 Å². The van der Waals surface area contributed by atoms with Crippen LogP contribution in [0.1, 0.15) is 285 Å². The second-order valence-electron chi connectivity index (χ2n) is 21.3. The summed E-state index contributed by atoms with van der Waals surface area (Å²) in [5, 5.41) is 0. The van der Waals surface area contributed by atoms with Crippen LogP contribution in [-0.2, 0) is 19.1 Å². The molecule has 0 aliphatic heterocycles. The topological polar surface area (TPSA) is 62.3 Å². The first-order valence-electron chi connectivity index (χ1n) is 29.9. The number of carbonyl (C=O) groups excluding carboxylic acids is 2. The fraction of sp³-hybridized carbons (Fsp3) is 0.966. The lowest BCUT2D eigenvalue weighted by Gasteiger charge is -2.29. The number of unbranched alkanes of at least 4 members (excludes halogenated alkanes) is 30. The molecule has 0 bridgehead atoms. The van der Waals surface area contributed by atoms with Crippen LogP contribution in [0.4, 0.5) is 0 Å². The summed E-state index contributed by atoms with van der Waals surface area (Å²) in [5.74, 6) is 0.744. The smallest absolute Gasteiger partial charge is 0.320 e. The van der Waals surface area contributed by atoms with Crippen molar-refractivity contribution in [3.05, 3.63) is 0 Å². The molecule has 0 N–H and O–H groups in total. The minimum Gasteiger partial charge on any atom is -0.464 e. The van der Waals surface area contributed by atoms with Gasteiger partial charge in [0.15, 0.2) is 0 Å². The average Bonchev–Trinajstić information content (AvgIpc) is 3.32. The van der Waals surface area contributed by atoms with Gasteiger partial charge in [0.2, 0.25) is 0 Å². The maximum atomic E-state index is 13.4. The summed E-state index contributed by atoms with van der Waals surface area (Å²) in [6.45, 7) is 20.8. The van der Waals surface area contributed by atoms with Crippen LogP contribution < -0.4 is 0 Å². The van der Waals surface area contributed by atoms with Gasteiger partial charge in [-0.15, -0.1) is 0 Å². The van der Waals surface area contributed by atoms with Crippen LogP contribution in [0.3, 0.4) is 0 Å². The van der Waals surface area contributed by atoms with Gasteiger partial charge in [-0.1, -0.05) is 227 Å². The molecule has 0 unspecified atom stereocenters. The van der Waals surface area contributed by atoms with Crippen molar-refractivity contribution in [2.24, 2.45) is 11.8 Å². The predicted molar refractivity (Wildman–Crippen MR) is 287 cm³/mol. The van der Waals surface area contributed by atoms with Crippen LogP contribution in [0.2, 0.25) is 0 Å². The zero-order valence-electron chi connectivity index (χ0n) is 45.5. The van der Waals surface area contributed by atoms with Gasteiger partial charge < -0.3 is 14.4 Å². The first kappa shape index (κ1) is 62.8. The second kappa shape index (κ2) is 48.8. The van der Waals surface area contributed by atoms with E-state index in [4.69, 9.17) is 9.47 Å². The van der Waals surface area contributed by atoms with E-state index < -0.39 is 0 Å². The van der Waals surface area contributed by atoms with Crippen molar-refractivity contribution >= 4 is 11.9 Å². The molecule has 7 nitrogen and oxygen atoms in total. The molecule has 0 heterocycles. The first-order valence-corrected chi connectivity index (χ1v) is 29.9. The van der Waals surface area contributed by atoms with Crippen LogP contribution in [0.25, 0.3) is 0 Å². The zero-order chi connectivity index (χ0) is 47.8. The Bertz CT molecular complexity index is 983. The van der Waals surface area contributed by atoms with E-state index in [0.717, 1.165) is 58.4 Å². The SMILES string of the molecule is CCCCCCCCCN(CCCCCCCCC)CCN(CCCCCCCCC)CC(=O)OCC1CCC(COC(=O)CN(CCCCCCCCC)CCCCCCCCC)CC1. The minimum absolute atomic E-state index is 0.0442. The third-order valence-electron chi connectivity index (χ3n) is 14.8. The van der Waals surface area contributed by atoms with Crippen LogP contribution in [-0.4, -0.2) is 98.8 Å². The Morgan fingerprint density at radius 1 is 0.303 bits per heavy atom. The molecule has 1 saturated carbocycles. The molecule has 0 radical (unpaired) electrons. The summed E-state index contributed by atoms with van der Waals surface area (Å²) < 4.78 is 12.0. The molecule has 0 atom stereocenters. The molecule has 1 rings (SSSR count). The van der Waals surface area contributed by atoms with Gasteiger partial charge >= 0.3 is 11.9 Å². The Balaban J connectivity index is 2.60. The van der Waals surface area contributed by atoms with E-state index in [1.807, 2.05) is 0 Å². The van der Waals surface area contributed by atoms with Gasteiger partial charge in [0.05, 0.1) is 26.3 Å². The lowest BCUT2D eigenvalue weighted by molar-refractivity contribution is -0.149. The lowest BCUT2D eigenvalue weighted by Crippen LogP contribution is -2.40. The van der Waals surface area contributed by atoms with E-state index >= 15 is 0 Å². The van der Waals surface area contributed by atoms with Gasteiger partial charge in [0.1, 0.15) is 0 Å². The van der Waals surface area contributed by atoms with Gasteiger partial charge in [0.25, 0.3) is 0 Å². The maximum Gasteiger partial charge on any atom is 0.320 e. The van der Waals surface area contributed by atoms with Crippen LogP contribution in [0.15, 0.2) is 0 Å². The second-order valence-corrected chi connectivity index (χ2v) is 21.3. The molecular formula is C59H117N3O4. The molecule has 1 fully saturated rings. The standard InChI is InChI=1S/C59H117N3O4/c1-6-11-16-21-26-31-36-45-60(46-37-32-27-22-17-12-7-2)50-51-62(49-40-35-30-25-20-15-10-5)53-59(64)66-55-57-43-41-56(42-44-57)54-65-58(63)52-61(47-38-33-28-23-18-13-8-3)48-39-34-29-24-19-14-9-4/h56-57H,6-55H2,1-5H3. The summed E-state index contributed by atoms with van der Waals surface area (Å²) in [6, 6.07) is 0. The lowest BCUT2D eigenvalue weighted by atomic mass is 9.83. The average molecular weight is 933 g/mol. The number of carbonyl (C=O) groups is 2. The normalized spacial score (nSPS) is 15.4. The quantitative estimate of drug-likeness (QED) is 0.0445. The highest BCUT2D eigenvalue weighted by atomic mass is 16.5. The van der Waals surface area contributed by atoms with Gasteiger partial charge in [-0.05, 0) is 102 Å². The molecule has 66 heavy (non-hydrogen) atoms. The van der Waals surface area contributed by atoms with Gasteiger partial charge in [-0.3, -0.25) is 19.4 Å². The van der Waals surface area contributed by atoms with Crippen LogP contribution in [0, 0.1) is 11.8 Å². The van der Waals surface area contributed by atoms with E-state index in [1.54, 1.807) is 0 Å². The number of hydrogen-bond donors (Lipinski definition) is 0. The zero-order valence-corrected chi connectivity index (χ0v) is 45.5. The van der Waals surface area contributed by atoms with E-state index in [2.05, 4.69) is 49.3 Å². The highest BCUT2D eigenvalue weighted by Crippen LogP contribution is 2.29. The van der Waals surface area contributed by atoms with Crippen molar-refractivity contribution in [3.8, 4) is 0 Å². The summed E-state index contributed by atoms with van der Waals surface area (Å²) in [4.78, 5) is 34.1. The Hall–Kier alpha value is -1.18. The molecule has 0 amide bonds. The summed E-state index contributed by atoms with van der Waals surface area (Å²) >= 11 is 0. The third kappa shape index (κ3) is 40.7. The number of rotatable bonds is 51. The largest absolute Gasteiger partial charge is 0.464 e. The molecule has 1 aliphatic carbocycles. The number of hydrogen-bond acceptors (Lipinski definition) is 7. The molecule has 0 saturated heterocycles. The van der Waals surface area contributed by atoms with E-state index in [1.165, 1.54) is 238 Å². The maximum absolute atomic E-state index is 13.4. The Labute approximate surface area is 413 Å². The van der Waals surface area contributed by atoms with Crippen molar-refractivity contribution in [1.82, 2.24) is 14.7 Å². The van der Waals surface area contributed by atoms with Crippen molar-refractivity contribution in [2.45, 2.75) is 285 Å². The van der Waals surface area contributed by atoms with Gasteiger partial charge in [-0.25, -0.2) is 0 Å². The third-order valence-corrected chi connectivity index (χ3v) is 14.8. The Kier molecular flexibility index (Phi) is 46.5. The number of esters is 2. The fourth-order valence-corrected chi connectivity index (χ4v) is 10.1. The molecule has 392 valence electrons. The number of nitrogens with zero attached hydrogens (tertiary/aromatic N) is 3. The molecule has 0 aromatic heterocycles. The van der Waals surface area contributed by atoms with Crippen molar-refractivity contribution in [3.63, 3.8) is 0 Å². The highest BCUT2D eigenvalue weighted by molar-refractivity contribution is 5.72. The van der Waals surface area contributed by atoms with Gasteiger partial charge in [0, 0.05) is 13.1 Å². The molecular weight excluding hydrogens is 815 g/mol. The van der Waals surface area contributed by atoms with Crippen LogP contribution in [0.5, 0.6) is 0 Å². The summed E-state index contributed by atoms with van der Waals surface area (Å²) in [6.07, 6.45) is 50.4. The Morgan fingerprint density at radius 3 is 0.788 bits per heavy atom. The number of ether oxygens (including phenoxy) is 2. The molecule has 0 aromatic rings. The van der Waals surface area contributed by atoms with E-state index in [0.29, 0.717) is 38.1 Å². The molecule has 1 aliphatic rings. The molecule has 0 aromatic carbocycles.